The maximum Gasteiger partial charge on any atom is 0.0483 e. The molecule has 0 atom stereocenters. The normalized spacial score (nSPS) is 10.6. The minimum Gasteiger partial charge on any atom is -0.122 e. The molecule has 3 heteroatoms. The molecular weight excluding hydrogens is 287 g/mol. The highest BCUT2D eigenvalue weighted by molar-refractivity contribution is 6.20. The van der Waals surface area contributed by atoms with E-state index in [0.717, 1.165) is 27.8 Å². The van der Waals surface area contributed by atoms with E-state index < -0.39 is 0 Å². The van der Waals surface area contributed by atoms with E-state index in [2.05, 4.69) is 18.2 Å². The van der Waals surface area contributed by atoms with Crippen LogP contribution in [0.2, 0.25) is 0 Å². The molecule has 0 nitrogen and oxygen atoms in total. The first-order valence-corrected chi connectivity index (χ1v) is 7.29. The first kappa shape index (κ1) is 13.7. The van der Waals surface area contributed by atoms with Gasteiger partial charge in [0.15, 0.2) is 0 Å². The second-order valence-electron chi connectivity index (χ2n) is 4.00. The van der Waals surface area contributed by atoms with Crippen LogP contribution in [0.4, 0.5) is 0 Å². The highest BCUT2D eigenvalue weighted by Gasteiger charge is 2.12. The first-order chi connectivity index (χ1) is 8.81. The number of benzene rings is 2. The Kier molecular flexibility index (Phi) is 4.94. The lowest BCUT2D eigenvalue weighted by Crippen LogP contribution is -1.98. The average Bonchev–Trinajstić information content (AvgIpc) is 2.46. The molecule has 2 aromatic rings. The van der Waals surface area contributed by atoms with Crippen molar-refractivity contribution >= 4 is 34.8 Å². The van der Waals surface area contributed by atoms with E-state index in [0.29, 0.717) is 17.6 Å². The second-order valence-corrected chi connectivity index (χ2v) is 4.80. The zero-order chi connectivity index (χ0) is 13.0. The van der Waals surface area contributed by atoms with Crippen LogP contribution in [0.1, 0.15) is 16.7 Å². The van der Waals surface area contributed by atoms with Crippen LogP contribution >= 0.6 is 34.8 Å². The number of hydrogen-bond donors (Lipinski definition) is 0. The van der Waals surface area contributed by atoms with Crippen molar-refractivity contribution in [2.75, 3.05) is 0 Å². The smallest absolute Gasteiger partial charge is 0.0483 e. The van der Waals surface area contributed by atoms with Gasteiger partial charge in [-0.25, -0.2) is 0 Å². The molecule has 0 saturated heterocycles. The minimum absolute atomic E-state index is 0.435. The van der Waals surface area contributed by atoms with Gasteiger partial charge in [-0.3, -0.25) is 0 Å². The van der Waals surface area contributed by atoms with Crippen molar-refractivity contribution in [2.45, 2.75) is 17.6 Å². The zero-order valence-corrected chi connectivity index (χ0v) is 12.1. The Morgan fingerprint density at radius 1 is 0.667 bits per heavy atom. The van der Waals surface area contributed by atoms with Crippen LogP contribution in [0.3, 0.4) is 0 Å². The Morgan fingerprint density at radius 2 is 1.33 bits per heavy atom. The summed E-state index contributed by atoms with van der Waals surface area (Å²) in [5.74, 6) is 1.34. The SMILES string of the molecule is ClCc1ccc(-c2ccccc2)c(CCl)c1CCl. The Bertz CT molecular complexity index is 521. The molecule has 0 aliphatic rings. The Hall–Kier alpha value is -0.690. The summed E-state index contributed by atoms with van der Waals surface area (Å²) >= 11 is 18.1. The fourth-order valence-electron chi connectivity index (χ4n) is 2.07. The Labute approximate surface area is 122 Å². The summed E-state index contributed by atoms with van der Waals surface area (Å²) in [4.78, 5) is 0. The van der Waals surface area contributed by atoms with E-state index >= 15 is 0 Å². The van der Waals surface area contributed by atoms with Gasteiger partial charge in [0.05, 0.1) is 0 Å². The van der Waals surface area contributed by atoms with Gasteiger partial charge in [0, 0.05) is 17.6 Å². The van der Waals surface area contributed by atoms with Gasteiger partial charge in [-0.2, -0.15) is 0 Å². The fourth-order valence-corrected chi connectivity index (χ4v) is 2.96. The van der Waals surface area contributed by atoms with Crippen molar-refractivity contribution in [1.29, 1.82) is 0 Å². The Morgan fingerprint density at radius 3 is 1.89 bits per heavy atom. The molecule has 94 valence electrons. The third-order valence-corrected chi connectivity index (χ3v) is 3.85. The molecule has 0 spiro atoms. The van der Waals surface area contributed by atoms with Crippen LogP contribution in [0, 0.1) is 0 Å². The molecule has 0 bridgehead atoms. The van der Waals surface area contributed by atoms with Gasteiger partial charge >= 0.3 is 0 Å². The molecule has 0 aromatic heterocycles. The van der Waals surface area contributed by atoms with Gasteiger partial charge in [-0.05, 0) is 27.8 Å². The van der Waals surface area contributed by atoms with Crippen molar-refractivity contribution < 1.29 is 0 Å². The maximum atomic E-state index is 6.09. The molecule has 0 fully saturated rings. The van der Waals surface area contributed by atoms with Crippen LogP contribution in [-0.2, 0) is 17.6 Å². The topological polar surface area (TPSA) is 0 Å². The highest BCUT2D eigenvalue weighted by atomic mass is 35.5. The molecule has 0 saturated carbocycles. The molecule has 0 aliphatic carbocycles. The summed E-state index contributed by atoms with van der Waals surface area (Å²) in [6.07, 6.45) is 0. The standard InChI is InChI=1S/C15H13Cl3/c16-8-12-6-7-13(11-4-2-1-3-5-11)15(10-18)14(12)9-17/h1-7H,8-10H2. The van der Waals surface area contributed by atoms with Gasteiger partial charge in [0.2, 0.25) is 0 Å². The van der Waals surface area contributed by atoms with E-state index in [1.54, 1.807) is 0 Å². The average molecular weight is 300 g/mol. The molecule has 18 heavy (non-hydrogen) atoms. The molecule has 0 unspecified atom stereocenters. The van der Waals surface area contributed by atoms with Crippen molar-refractivity contribution in [3.05, 3.63) is 59.2 Å². The van der Waals surface area contributed by atoms with E-state index in [9.17, 15) is 0 Å². The summed E-state index contributed by atoms with van der Waals surface area (Å²) in [7, 11) is 0. The molecule has 0 aliphatic heterocycles. The van der Waals surface area contributed by atoms with E-state index in [-0.39, 0.29) is 0 Å². The lowest BCUT2D eigenvalue weighted by atomic mass is 9.94. The van der Waals surface area contributed by atoms with Crippen LogP contribution < -0.4 is 0 Å². The van der Waals surface area contributed by atoms with Crippen molar-refractivity contribution in [3.63, 3.8) is 0 Å². The molecule has 2 aromatic carbocycles. The van der Waals surface area contributed by atoms with E-state index in [1.807, 2.05) is 24.3 Å². The maximum absolute atomic E-state index is 6.09. The van der Waals surface area contributed by atoms with Gasteiger partial charge in [0.1, 0.15) is 0 Å². The van der Waals surface area contributed by atoms with Gasteiger partial charge in [-0.1, -0.05) is 42.5 Å². The molecule has 2 rings (SSSR count). The molecule has 0 heterocycles. The quantitative estimate of drug-likeness (QED) is 0.647. The summed E-state index contributed by atoms with van der Waals surface area (Å²) < 4.78 is 0. The molecule has 0 amide bonds. The number of halogens is 3. The molecule has 0 N–H and O–H groups in total. The van der Waals surface area contributed by atoms with Crippen molar-refractivity contribution in [2.24, 2.45) is 0 Å². The number of hydrogen-bond acceptors (Lipinski definition) is 0. The number of alkyl halides is 3. The van der Waals surface area contributed by atoms with Gasteiger partial charge in [0.25, 0.3) is 0 Å². The van der Waals surface area contributed by atoms with Crippen LogP contribution in [0.25, 0.3) is 11.1 Å². The zero-order valence-electron chi connectivity index (χ0n) is 9.80. The fraction of sp³-hybridized carbons (Fsp3) is 0.200. The first-order valence-electron chi connectivity index (χ1n) is 5.68. The number of rotatable bonds is 4. The third kappa shape index (κ3) is 2.66. The van der Waals surface area contributed by atoms with Crippen LogP contribution in [0.5, 0.6) is 0 Å². The van der Waals surface area contributed by atoms with E-state index in [1.165, 1.54) is 0 Å². The Balaban J connectivity index is 2.62. The monoisotopic (exact) mass is 298 g/mol. The lowest BCUT2D eigenvalue weighted by molar-refractivity contribution is 1.20. The van der Waals surface area contributed by atoms with Crippen LogP contribution in [-0.4, -0.2) is 0 Å². The summed E-state index contributed by atoms with van der Waals surface area (Å²) in [6.45, 7) is 0. The molecule has 0 radical (unpaired) electrons. The van der Waals surface area contributed by atoms with Crippen molar-refractivity contribution in [1.82, 2.24) is 0 Å². The van der Waals surface area contributed by atoms with Gasteiger partial charge in [-0.15, -0.1) is 34.8 Å². The van der Waals surface area contributed by atoms with Crippen molar-refractivity contribution in [3.8, 4) is 11.1 Å². The summed E-state index contributed by atoms with van der Waals surface area (Å²) in [5.41, 5.74) is 5.48. The third-order valence-electron chi connectivity index (χ3n) is 3.02. The minimum atomic E-state index is 0.435. The molecular formula is C15H13Cl3. The predicted octanol–water partition coefficient (Wildman–Crippen LogP) is 5.57. The highest BCUT2D eigenvalue weighted by Crippen LogP contribution is 2.31. The lowest BCUT2D eigenvalue weighted by Gasteiger charge is -2.15. The van der Waals surface area contributed by atoms with Gasteiger partial charge < -0.3 is 0 Å². The largest absolute Gasteiger partial charge is 0.122 e. The summed E-state index contributed by atoms with van der Waals surface area (Å²) in [5, 5.41) is 0. The summed E-state index contributed by atoms with van der Waals surface area (Å²) in [6, 6.07) is 14.3. The van der Waals surface area contributed by atoms with E-state index in [4.69, 9.17) is 34.8 Å². The second kappa shape index (κ2) is 6.47. The van der Waals surface area contributed by atoms with Crippen LogP contribution in [0.15, 0.2) is 42.5 Å². The predicted molar refractivity (Wildman–Crippen MR) is 80.5 cm³/mol.